The van der Waals surface area contributed by atoms with Crippen LogP contribution in [0.5, 0.6) is 0 Å². The van der Waals surface area contributed by atoms with E-state index in [1.807, 2.05) is 47.0 Å². The third kappa shape index (κ3) is 6.50. The van der Waals surface area contributed by atoms with E-state index in [0.717, 1.165) is 43.6 Å². The van der Waals surface area contributed by atoms with Gasteiger partial charge in [0.25, 0.3) is 5.91 Å². The van der Waals surface area contributed by atoms with Gasteiger partial charge >= 0.3 is 0 Å². The van der Waals surface area contributed by atoms with Gasteiger partial charge < -0.3 is 10.2 Å². The van der Waals surface area contributed by atoms with Crippen molar-refractivity contribution in [2.45, 2.75) is 55.8 Å². The Morgan fingerprint density at radius 3 is 2.64 bits per heavy atom. The van der Waals surface area contributed by atoms with Crippen LogP contribution in [0, 0.1) is 0 Å². The summed E-state index contributed by atoms with van der Waals surface area (Å²) in [6.07, 6.45) is 4.91. The average Bonchev–Trinajstić information content (AvgIpc) is 2.96. The molecule has 1 atom stereocenters. The third-order valence-electron chi connectivity index (χ3n) is 4.78. The van der Waals surface area contributed by atoms with Crippen molar-refractivity contribution in [1.29, 1.82) is 0 Å². The minimum absolute atomic E-state index is 0. The smallest absolute Gasteiger partial charge is 0.254 e. The lowest BCUT2D eigenvalue weighted by Gasteiger charge is -2.31. The Balaban J connectivity index is 0.00000280. The molecule has 0 aliphatic carbocycles. The second kappa shape index (κ2) is 11.4. The summed E-state index contributed by atoms with van der Waals surface area (Å²) in [7, 11) is 0. The number of halogens is 1. The van der Waals surface area contributed by atoms with E-state index in [-0.39, 0.29) is 24.4 Å². The van der Waals surface area contributed by atoms with E-state index in [2.05, 4.69) is 36.3 Å². The van der Waals surface area contributed by atoms with Crippen LogP contribution in [-0.4, -0.2) is 40.2 Å². The van der Waals surface area contributed by atoms with Crippen molar-refractivity contribution in [3.05, 3.63) is 59.9 Å². The predicted octanol–water partition coefficient (Wildman–Crippen LogP) is 4.79. The number of amides is 1. The van der Waals surface area contributed by atoms with Crippen molar-refractivity contribution in [2.75, 3.05) is 13.1 Å². The van der Waals surface area contributed by atoms with Gasteiger partial charge in [-0.05, 0) is 68.8 Å². The standard InChI is InChI=1S/C22H29N3OS.ClH/c1-17(2)27-21-10-8-18(9-11-21)22(26)25(16-19-6-3-4-14-24-19)20-7-5-13-23-15-12-20;/h3-4,6,8-11,14,17,20,23H,5,7,12-13,15-16H2,1-2H3;1H. The van der Waals surface area contributed by atoms with Crippen LogP contribution in [0.4, 0.5) is 0 Å². The van der Waals surface area contributed by atoms with Gasteiger partial charge in [-0.25, -0.2) is 0 Å². The van der Waals surface area contributed by atoms with E-state index < -0.39 is 0 Å². The quantitative estimate of drug-likeness (QED) is 0.684. The minimum Gasteiger partial charge on any atom is -0.330 e. The molecule has 4 nitrogen and oxygen atoms in total. The molecular formula is C22H30ClN3OS. The molecule has 28 heavy (non-hydrogen) atoms. The number of thioether (sulfide) groups is 1. The summed E-state index contributed by atoms with van der Waals surface area (Å²) in [6.45, 7) is 6.91. The molecule has 152 valence electrons. The van der Waals surface area contributed by atoms with Gasteiger partial charge in [-0.3, -0.25) is 9.78 Å². The van der Waals surface area contributed by atoms with E-state index in [9.17, 15) is 4.79 Å². The maximum Gasteiger partial charge on any atom is 0.254 e. The summed E-state index contributed by atoms with van der Waals surface area (Å²) in [6, 6.07) is 14.2. The van der Waals surface area contributed by atoms with Crippen LogP contribution in [0.2, 0.25) is 0 Å². The first kappa shape index (κ1) is 22.7. The lowest BCUT2D eigenvalue weighted by molar-refractivity contribution is 0.0642. The highest BCUT2D eigenvalue weighted by Gasteiger charge is 2.26. The van der Waals surface area contributed by atoms with E-state index in [0.29, 0.717) is 11.8 Å². The molecule has 6 heteroatoms. The molecule has 1 aliphatic rings. The SMILES string of the molecule is CC(C)Sc1ccc(C(=O)N(Cc2ccccn2)C2CCCNCC2)cc1.Cl. The number of hydrogen-bond acceptors (Lipinski definition) is 4. The summed E-state index contributed by atoms with van der Waals surface area (Å²) < 4.78 is 0. The van der Waals surface area contributed by atoms with Crippen LogP contribution in [0.3, 0.4) is 0 Å². The number of aromatic nitrogens is 1. The highest BCUT2D eigenvalue weighted by atomic mass is 35.5. The Kier molecular flexibility index (Phi) is 9.29. The van der Waals surface area contributed by atoms with Crippen LogP contribution < -0.4 is 5.32 Å². The number of nitrogens with zero attached hydrogens (tertiary/aromatic N) is 2. The number of benzene rings is 1. The zero-order chi connectivity index (χ0) is 19.1. The number of hydrogen-bond donors (Lipinski definition) is 1. The Bertz CT molecular complexity index is 716. The number of carbonyl (C=O) groups excluding carboxylic acids is 1. The Morgan fingerprint density at radius 1 is 1.18 bits per heavy atom. The fraction of sp³-hybridized carbons (Fsp3) is 0.455. The topological polar surface area (TPSA) is 45.2 Å². The predicted molar refractivity (Wildman–Crippen MR) is 119 cm³/mol. The molecule has 2 heterocycles. The number of nitrogens with one attached hydrogen (secondary N) is 1. The molecule has 1 fully saturated rings. The molecule has 1 unspecified atom stereocenters. The van der Waals surface area contributed by atoms with Gasteiger partial charge in [-0.15, -0.1) is 24.2 Å². The summed E-state index contributed by atoms with van der Waals surface area (Å²) >= 11 is 1.82. The molecule has 0 spiro atoms. The van der Waals surface area contributed by atoms with Crippen molar-refractivity contribution in [1.82, 2.24) is 15.2 Å². The first-order valence-electron chi connectivity index (χ1n) is 9.82. The van der Waals surface area contributed by atoms with Gasteiger partial charge in [0.1, 0.15) is 0 Å². The summed E-state index contributed by atoms with van der Waals surface area (Å²) in [5.74, 6) is 0.105. The largest absolute Gasteiger partial charge is 0.330 e. The fourth-order valence-electron chi connectivity index (χ4n) is 3.46. The van der Waals surface area contributed by atoms with Crippen LogP contribution in [0.25, 0.3) is 0 Å². The lowest BCUT2D eigenvalue weighted by atomic mass is 10.0. The zero-order valence-electron chi connectivity index (χ0n) is 16.6. The van der Waals surface area contributed by atoms with Crippen LogP contribution in [-0.2, 0) is 6.54 Å². The van der Waals surface area contributed by atoms with E-state index in [1.54, 1.807) is 6.20 Å². The number of rotatable bonds is 6. The van der Waals surface area contributed by atoms with Gasteiger partial charge in [0.05, 0.1) is 12.2 Å². The zero-order valence-corrected chi connectivity index (χ0v) is 18.3. The summed E-state index contributed by atoms with van der Waals surface area (Å²) in [5, 5.41) is 3.98. The molecule has 1 aromatic carbocycles. The average molecular weight is 420 g/mol. The van der Waals surface area contributed by atoms with Gasteiger partial charge in [-0.1, -0.05) is 19.9 Å². The second-order valence-electron chi connectivity index (χ2n) is 7.28. The molecule has 0 bridgehead atoms. The van der Waals surface area contributed by atoms with E-state index >= 15 is 0 Å². The fourth-order valence-corrected chi connectivity index (χ4v) is 4.30. The summed E-state index contributed by atoms with van der Waals surface area (Å²) in [5.41, 5.74) is 1.70. The van der Waals surface area contributed by atoms with Gasteiger partial charge in [-0.2, -0.15) is 0 Å². The van der Waals surface area contributed by atoms with Crippen molar-refractivity contribution in [3.8, 4) is 0 Å². The molecule has 1 N–H and O–H groups in total. The van der Waals surface area contributed by atoms with Gasteiger partial charge in [0, 0.05) is 27.9 Å². The molecule has 1 aromatic heterocycles. The molecule has 0 radical (unpaired) electrons. The van der Waals surface area contributed by atoms with Gasteiger partial charge in [0.2, 0.25) is 0 Å². The third-order valence-corrected chi connectivity index (χ3v) is 5.79. The maximum absolute atomic E-state index is 13.4. The molecule has 0 saturated carbocycles. The van der Waals surface area contributed by atoms with Gasteiger partial charge in [0.15, 0.2) is 0 Å². The number of carbonyl (C=O) groups is 1. The molecule has 1 amide bonds. The maximum atomic E-state index is 13.4. The number of pyridine rings is 1. The van der Waals surface area contributed by atoms with Crippen molar-refractivity contribution in [2.24, 2.45) is 0 Å². The Labute approximate surface area is 178 Å². The van der Waals surface area contributed by atoms with Crippen LogP contribution in [0.1, 0.15) is 49.2 Å². The molecule has 1 aliphatic heterocycles. The normalized spacial score (nSPS) is 16.9. The first-order chi connectivity index (χ1) is 13.1. The van der Waals surface area contributed by atoms with E-state index in [4.69, 9.17) is 0 Å². The lowest BCUT2D eigenvalue weighted by Crippen LogP contribution is -2.40. The van der Waals surface area contributed by atoms with Crippen molar-refractivity contribution in [3.63, 3.8) is 0 Å². The molecular weight excluding hydrogens is 390 g/mol. The van der Waals surface area contributed by atoms with Crippen LogP contribution in [0.15, 0.2) is 53.6 Å². The monoisotopic (exact) mass is 419 g/mol. The van der Waals surface area contributed by atoms with E-state index in [1.165, 1.54) is 4.90 Å². The summed E-state index contributed by atoms with van der Waals surface area (Å²) in [4.78, 5) is 21.0. The van der Waals surface area contributed by atoms with Crippen molar-refractivity contribution < 1.29 is 4.79 Å². The highest BCUT2D eigenvalue weighted by Crippen LogP contribution is 2.24. The Morgan fingerprint density at radius 2 is 1.96 bits per heavy atom. The van der Waals surface area contributed by atoms with Crippen molar-refractivity contribution >= 4 is 30.1 Å². The second-order valence-corrected chi connectivity index (χ2v) is 8.93. The first-order valence-corrected chi connectivity index (χ1v) is 10.7. The Hall–Kier alpha value is -1.56. The molecule has 2 aromatic rings. The molecule has 3 rings (SSSR count). The minimum atomic E-state index is 0. The molecule has 1 saturated heterocycles. The van der Waals surface area contributed by atoms with Crippen LogP contribution >= 0.6 is 24.2 Å². The highest BCUT2D eigenvalue weighted by molar-refractivity contribution is 7.99.